The van der Waals surface area contributed by atoms with Crippen LogP contribution in [0.15, 0.2) is 24.4 Å². The summed E-state index contributed by atoms with van der Waals surface area (Å²) in [6.45, 7) is 4.12. The van der Waals surface area contributed by atoms with Crippen LogP contribution in [0, 0.1) is 0 Å². The summed E-state index contributed by atoms with van der Waals surface area (Å²) in [5, 5.41) is 4.51. The average Bonchev–Trinajstić information content (AvgIpc) is 2.80. The summed E-state index contributed by atoms with van der Waals surface area (Å²) in [5.74, 6) is 1.35. The van der Waals surface area contributed by atoms with Crippen molar-refractivity contribution in [2.75, 3.05) is 20.0 Å². The number of nitrogens with zero attached hydrogens (tertiary/aromatic N) is 2. The van der Waals surface area contributed by atoms with Crippen LogP contribution < -0.4 is 15.2 Å². The fourth-order valence-corrected chi connectivity index (χ4v) is 1.88. The van der Waals surface area contributed by atoms with Gasteiger partial charge < -0.3 is 15.2 Å². The SMILES string of the molecule is COc1ccc(-c2nn(C(C)C)cc2N)cc1OC. The quantitative estimate of drug-likeness (QED) is 0.919. The summed E-state index contributed by atoms with van der Waals surface area (Å²) in [7, 11) is 3.22. The van der Waals surface area contributed by atoms with Gasteiger partial charge in [0.05, 0.1) is 19.9 Å². The standard InChI is InChI=1S/C14H19N3O2/c1-9(2)17-8-11(15)14(16-17)10-5-6-12(18-3)13(7-10)19-4/h5-9H,15H2,1-4H3. The highest BCUT2D eigenvalue weighted by atomic mass is 16.5. The first-order valence-corrected chi connectivity index (χ1v) is 6.13. The molecule has 1 heterocycles. The van der Waals surface area contributed by atoms with Gasteiger partial charge in [-0.25, -0.2) is 0 Å². The van der Waals surface area contributed by atoms with Gasteiger partial charge in [-0.15, -0.1) is 0 Å². The Hall–Kier alpha value is -2.17. The molecular weight excluding hydrogens is 242 g/mol. The van der Waals surface area contributed by atoms with E-state index in [4.69, 9.17) is 15.2 Å². The number of methoxy groups -OCH3 is 2. The fourth-order valence-electron chi connectivity index (χ4n) is 1.88. The van der Waals surface area contributed by atoms with E-state index >= 15 is 0 Å². The molecule has 2 rings (SSSR count). The first kappa shape index (κ1) is 13.3. The van der Waals surface area contributed by atoms with Gasteiger partial charge >= 0.3 is 0 Å². The maximum absolute atomic E-state index is 6.02. The lowest BCUT2D eigenvalue weighted by atomic mass is 10.1. The molecule has 1 aromatic heterocycles. The second-order valence-corrected chi connectivity index (χ2v) is 4.58. The molecule has 0 aliphatic carbocycles. The zero-order valence-corrected chi connectivity index (χ0v) is 11.7. The van der Waals surface area contributed by atoms with Crippen LogP contribution in [0.3, 0.4) is 0 Å². The number of nitrogen functional groups attached to an aromatic ring is 1. The Bertz CT molecular complexity index is 576. The van der Waals surface area contributed by atoms with Gasteiger partial charge in [0.2, 0.25) is 0 Å². The molecule has 0 atom stereocenters. The zero-order valence-electron chi connectivity index (χ0n) is 11.7. The molecule has 19 heavy (non-hydrogen) atoms. The summed E-state index contributed by atoms with van der Waals surface area (Å²) in [6, 6.07) is 5.92. The van der Waals surface area contributed by atoms with E-state index in [2.05, 4.69) is 18.9 Å². The minimum absolute atomic E-state index is 0.274. The third kappa shape index (κ3) is 2.50. The van der Waals surface area contributed by atoms with Gasteiger partial charge in [-0.05, 0) is 32.0 Å². The highest BCUT2D eigenvalue weighted by molar-refractivity contribution is 5.74. The largest absolute Gasteiger partial charge is 0.493 e. The van der Waals surface area contributed by atoms with Crippen LogP contribution in [0.25, 0.3) is 11.3 Å². The monoisotopic (exact) mass is 261 g/mol. The van der Waals surface area contributed by atoms with Crippen molar-refractivity contribution in [2.24, 2.45) is 0 Å². The van der Waals surface area contributed by atoms with E-state index in [-0.39, 0.29) is 6.04 Å². The minimum atomic E-state index is 0.274. The van der Waals surface area contributed by atoms with Gasteiger partial charge in [0.25, 0.3) is 0 Å². The molecular formula is C14H19N3O2. The van der Waals surface area contributed by atoms with Crippen LogP contribution in [0.4, 0.5) is 5.69 Å². The summed E-state index contributed by atoms with van der Waals surface area (Å²) in [5.41, 5.74) is 8.34. The smallest absolute Gasteiger partial charge is 0.161 e. The maximum atomic E-state index is 6.02. The Labute approximate surface area is 112 Å². The Morgan fingerprint density at radius 2 is 1.84 bits per heavy atom. The molecule has 0 saturated carbocycles. The predicted molar refractivity (Wildman–Crippen MR) is 75.6 cm³/mol. The molecule has 2 aromatic rings. The van der Waals surface area contributed by atoms with Crippen molar-refractivity contribution in [3.63, 3.8) is 0 Å². The van der Waals surface area contributed by atoms with Crippen LogP contribution in [0.2, 0.25) is 0 Å². The van der Waals surface area contributed by atoms with E-state index in [0.717, 1.165) is 11.3 Å². The number of hydrogen-bond donors (Lipinski definition) is 1. The Kier molecular flexibility index (Phi) is 3.64. The molecule has 0 radical (unpaired) electrons. The molecule has 1 aromatic carbocycles. The molecule has 0 bridgehead atoms. The molecule has 0 aliphatic heterocycles. The Morgan fingerprint density at radius 1 is 1.16 bits per heavy atom. The number of nitrogens with two attached hydrogens (primary N) is 1. The molecule has 0 spiro atoms. The third-order valence-corrected chi connectivity index (χ3v) is 2.95. The minimum Gasteiger partial charge on any atom is -0.493 e. The molecule has 102 valence electrons. The van der Waals surface area contributed by atoms with Crippen molar-refractivity contribution < 1.29 is 9.47 Å². The fraction of sp³-hybridized carbons (Fsp3) is 0.357. The van der Waals surface area contributed by atoms with Gasteiger partial charge in [0.1, 0.15) is 5.69 Å². The van der Waals surface area contributed by atoms with E-state index in [1.807, 2.05) is 29.1 Å². The highest BCUT2D eigenvalue weighted by Crippen LogP contribution is 2.33. The summed E-state index contributed by atoms with van der Waals surface area (Å²) < 4.78 is 12.4. The molecule has 0 amide bonds. The molecule has 0 unspecified atom stereocenters. The lowest BCUT2D eigenvalue weighted by molar-refractivity contribution is 0.355. The first-order valence-electron chi connectivity index (χ1n) is 6.13. The number of rotatable bonds is 4. The third-order valence-electron chi connectivity index (χ3n) is 2.95. The highest BCUT2D eigenvalue weighted by Gasteiger charge is 2.13. The van der Waals surface area contributed by atoms with Crippen LogP contribution in [-0.4, -0.2) is 24.0 Å². The maximum Gasteiger partial charge on any atom is 0.161 e. The summed E-state index contributed by atoms with van der Waals surface area (Å²) in [4.78, 5) is 0. The van der Waals surface area contributed by atoms with Gasteiger partial charge in [0.15, 0.2) is 11.5 Å². The van der Waals surface area contributed by atoms with E-state index in [1.54, 1.807) is 14.2 Å². The lowest BCUT2D eigenvalue weighted by Gasteiger charge is -2.09. The van der Waals surface area contributed by atoms with Crippen LogP contribution in [0.5, 0.6) is 11.5 Å². The van der Waals surface area contributed by atoms with E-state index in [9.17, 15) is 0 Å². The number of ether oxygens (including phenoxy) is 2. The first-order chi connectivity index (χ1) is 9.06. The second kappa shape index (κ2) is 5.22. The van der Waals surface area contributed by atoms with E-state index in [1.165, 1.54) is 0 Å². The molecule has 0 aliphatic rings. The van der Waals surface area contributed by atoms with Crippen molar-refractivity contribution in [1.29, 1.82) is 0 Å². The summed E-state index contributed by atoms with van der Waals surface area (Å²) >= 11 is 0. The predicted octanol–water partition coefficient (Wildman–Crippen LogP) is 2.73. The van der Waals surface area contributed by atoms with Crippen LogP contribution in [0.1, 0.15) is 19.9 Å². The topological polar surface area (TPSA) is 62.3 Å². The molecule has 5 heteroatoms. The van der Waals surface area contributed by atoms with Crippen molar-refractivity contribution >= 4 is 5.69 Å². The van der Waals surface area contributed by atoms with Gasteiger partial charge in [-0.2, -0.15) is 5.10 Å². The lowest BCUT2D eigenvalue weighted by Crippen LogP contribution is -2.00. The number of aromatic nitrogens is 2. The van der Waals surface area contributed by atoms with Gasteiger partial charge in [0, 0.05) is 17.8 Å². The van der Waals surface area contributed by atoms with E-state index in [0.29, 0.717) is 17.2 Å². The number of anilines is 1. The van der Waals surface area contributed by atoms with Crippen LogP contribution in [-0.2, 0) is 0 Å². The zero-order chi connectivity index (χ0) is 14.0. The molecule has 0 fully saturated rings. The Balaban J connectivity index is 2.47. The average molecular weight is 261 g/mol. The van der Waals surface area contributed by atoms with E-state index < -0.39 is 0 Å². The van der Waals surface area contributed by atoms with Crippen molar-refractivity contribution in [3.05, 3.63) is 24.4 Å². The van der Waals surface area contributed by atoms with Crippen molar-refractivity contribution in [1.82, 2.24) is 9.78 Å². The number of benzene rings is 1. The molecule has 5 nitrogen and oxygen atoms in total. The normalized spacial score (nSPS) is 10.8. The molecule has 0 saturated heterocycles. The second-order valence-electron chi connectivity index (χ2n) is 4.58. The summed E-state index contributed by atoms with van der Waals surface area (Å²) in [6.07, 6.45) is 1.84. The Morgan fingerprint density at radius 3 is 2.37 bits per heavy atom. The number of hydrogen-bond acceptors (Lipinski definition) is 4. The van der Waals surface area contributed by atoms with Gasteiger partial charge in [-0.1, -0.05) is 0 Å². The van der Waals surface area contributed by atoms with Crippen LogP contribution >= 0.6 is 0 Å². The van der Waals surface area contributed by atoms with Crippen molar-refractivity contribution in [2.45, 2.75) is 19.9 Å². The molecule has 2 N–H and O–H groups in total. The van der Waals surface area contributed by atoms with Gasteiger partial charge in [-0.3, -0.25) is 4.68 Å². The van der Waals surface area contributed by atoms with Crippen molar-refractivity contribution in [3.8, 4) is 22.8 Å².